The van der Waals surface area contributed by atoms with Crippen molar-refractivity contribution >= 4 is 23.4 Å². The SMILES string of the molecule is Cc1nc(C(=O)O[C@@H](C)C(=O)c2ccccc2)nn1-c1ccc(Cl)cc1. The smallest absolute Gasteiger partial charge is 0.378 e. The second kappa shape index (κ2) is 7.49. The molecule has 0 saturated carbocycles. The van der Waals surface area contributed by atoms with Crippen molar-refractivity contribution in [3.8, 4) is 5.69 Å². The van der Waals surface area contributed by atoms with Crippen molar-refractivity contribution in [2.45, 2.75) is 20.0 Å². The highest BCUT2D eigenvalue weighted by molar-refractivity contribution is 6.30. The van der Waals surface area contributed by atoms with E-state index in [-0.39, 0.29) is 11.6 Å². The van der Waals surface area contributed by atoms with Crippen molar-refractivity contribution in [1.29, 1.82) is 0 Å². The van der Waals surface area contributed by atoms with E-state index in [2.05, 4.69) is 10.1 Å². The van der Waals surface area contributed by atoms with E-state index in [0.29, 0.717) is 22.1 Å². The molecule has 7 heteroatoms. The molecule has 0 aliphatic carbocycles. The summed E-state index contributed by atoms with van der Waals surface area (Å²) in [7, 11) is 0. The van der Waals surface area contributed by atoms with Crippen LogP contribution in [0.5, 0.6) is 0 Å². The highest BCUT2D eigenvalue weighted by Crippen LogP contribution is 2.15. The molecular weight excluding hydrogens is 354 g/mol. The van der Waals surface area contributed by atoms with Gasteiger partial charge in [0.25, 0.3) is 5.82 Å². The summed E-state index contributed by atoms with van der Waals surface area (Å²) >= 11 is 5.88. The zero-order valence-electron chi connectivity index (χ0n) is 14.2. The summed E-state index contributed by atoms with van der Waals surface area (Å²) in [4.78, 5) is 28.7. The van der Waals surface area contributed by atoms with Crippen molar-refractivity contribution in [3.05, 3.63) is 76.8 Å². The first-order chi connectivity index (χ1) is 12.5. The topological polar surface area (TPSA) is 74.1 Å². The normalized spacial score (nSPS) is 11.8. The third-order valence-corrected chi connectivity index (χ3v) is 3.99. The largest absolute Gasteiger partial charge is 0.448 e. The van der Waals surface area contributed by atoms with Crippen LogP contribution in [-0.2, 0) is 4.74 Å². The number of carbonyl (C=O) groups excluding carboxylic acids is 2. The lowest BCUT2D eigenvalue weighted by molar-refractivity contribution is 0.0307. The van der Waals surface area contributed by atoms with Crippen molar-refractivity contribution in [2.75, 3.05) is 0 Å². The number of halogens is 1. The molecule has 1 aromatic heterocycles. The minimum Gasteiger partial charge on any atom is -0.448 e. The summed E-state index contributed by atoms with van der Waals surface area (Å²) in [6.45, 7) is 3.24. The van der Waals surface area contributed by atoms with Crippen LogP contribution in [0.4, 0.5) is 0 Å². The number of ether oxygens (including phenoxy) is 1. The van der Waals surface area contributed by atoms with Gasteiger partial charge in [-0.15, -0.1) is 5.10 Å². The lowest BCUT2D eigenvalue weighted by Crippen LogP contribution is -2.25. The predicted octanol–water partition coefficient (Wildman–Crippen LogP) is 3.66. The quantitative estimate of drug-likeness (QED) is 0.507. The molecular formula is C19H16ClN3O3. The Balaban J connectivity index is 1.75. The lowest BCUT2D eigenvalue weighted by Gasteiger charge is -2.10. The molecule has 1 heterocycles. The number of aryl methyl sites for hydroxylation is 1. The molecule has 6 nitrogen and oxygen atoms in total. The van der Waals surface area contributed by atoms with Crippen LogP contribution in [0.1, 0.15) is 33.7 Å². The van der Waals surface area contributed by atoms with E-state index in [4.69, 9.17) is 16.3 Å². The molecule has 3 aromatic rings. The third kappa shape index (κ3) is 3.81. The first-order valence-corrected chi connectivity index (χ1v) is 8.33. The Morgan fingerprint density at radius 2 is 1.73 bits per heavy atom. The van der Waals surface area contributed by atoms with E-state index < -0.39 is 12.1 Å². The molecule has 0 amide bonds. The van der Waals surface area contributed by atoms with Gasteiger partial charge >= 0.3 is 5.97 Å². The molecule has 0 saturated heterocycles. The maximum atomic E-state index is 12.3. The number of Topliss-reactive ketones (excluding diaryl/α,β-unsaturated/α-hetero) is 1. The molecule has 0 aliphatic heterocycles. The van der Waals surface area contributed by atoms with Crippen LogP contribution in [0.15, 0.2) is 54.6 Å². The van der Waals surface area contributed by atoms with Gasteiger partial charge in [-0.1, -0.05) is 41.9 Å². The number of ketones is 1. The molecule has 0 radical (unpaired) electrons. The summed E-state index contributed by atoms with van der Waals surface area (Å²) in [6.07, 6.45) is -0.937. The predicted molar refractivity (Wildman–Crippen MR) is 96.8 cm³/mol. The average Bonchev–Trinajstić information content (AvgIpc) is 3.04. The second-order valence-electron chi connectivity index (χ2n) is 5.65. The van der Waals surface area contributed by atoms with Gasteiger partial charge in [0.15, 0.2) is 6.10 Å². The Morgan fingerprint density at radius 3 is 2.38 bits per heavy atom. The lowest BCUT2D eigenvalue weighted by atomic mass is 10.1. The van der Waals surface area contributed by atoms with Gasteiger partial charge in [0, 0.05) is 10.6 Å². The summed E-state index contributed by atoms with van der Waals surface area (Å²) < 4.78 is 6.74. The standard InChI is InChI=1S/C19H16ClN3O3/c1-12(17(24)14-6-4-3-5-7-14)26-19(25)18-21-13(2)23(22-18)16-10-8-15(20)9-11-16/h3-12H,1-2H3/t12-/m0/s1. The maximum Gasteiger partial charge on any atom is 0.378 e. The summed E-state index contributed by atoms with van der Waals surface area (Å²) in [6, 6.07) is 15.6. The highest BCUT2D eigenvalue weighted by atomic mass is 35.5. The van der Waals surface area contributed by atoms with E-state index in [1.807, 2.05) is 6.07 Å². The van der Waals surface area contributed by atoms with Crippen LogP contribution in [0.2, 0.25) is 5.02 Å². The van der Waals surface area contributed by atoms with Gasteiger partial charge in [-0.3, -0.25) is 4.79 Å². The number of rotatable bonds is 5. The minimum absolute atomic E-state index is 0.106. The van der Waals surface area contributed by atoms with E-state index >= 15 is 0 Å². The minimum atomic E-state index is -0.937. The highest BCUT2D eigenvalue weighted by Gasteiger charge is 2.23. The fourth-order valence-electron chi connectivity index (χ4n) is 2.41. The van der Waals surface area contributed by atoms with E-state index in [1.54, 1.807) is 55.5 Å². The zero-order valence-corrected chi connectivity index (χ0v) is 15.0. The van der Waals surface area contributed by atoms with E-state index in [9.17, 15) is 9.59 Å². The molecule has 132 valence electrons. The molecule has 0 bridgehead atoms. The van der Waals surface area contributed by atoms with Crippen LogP contribution in [-0.4, -0.2) is 32.6 Å². The van der Waals surface area contributed by atoms with Gasteiger partial charge in [-0.05, 0) is 38.1 Å². The third-order valence-electron chi connectivity index (χ3n) is 3.73. The maximum absolute atomic E-state index is 12.3. The summed E-state index contributed by atoms with van der Waals surface area (Å²) in [5.74, 6) is -0.628. The zero-order chi connectivity index (χ0) is 18.7. The van der Waals surface area contributed by atoms with Crippen LogP contribution in [0, 0.1) is 6.92 Å². The monoisotopic (exact) mass is 369 g/mol. The van der Waals surface area contributed by atoms with Crippen LogP contribution >= 0.6 is 11.6 Å². The van der Waals surface area contributed by atoms with Crippen LogP contribution in [0.3, 0.4) is 0 Å². The Bertz CT molecular complexity index is 936. The number of aromatic nitrogens is 3. The Hall–Kier alpha value is -2.99. The number of benzene rings is 2. The first kappa shape index (κ1) is 17.8. The number of hydrogen-bond donors (Lipinski definition) is 0. The van der Waals surface area contributed by atoms with Gasteiger partial charge in [0.2, 0.25) is 5.78 Å². The summed E-state index contributed by atoms with van der Waals surface area (Å²) in [5, 5.41) is 4.77. The van der Waals surface area contributed by atoms with Gasteiger partial charge in [0.05, 0.1) is 5.69 Å². The molecule has 0 unspecified atom stereocenters. The first-order valence-electron chi connectivity index (χ1n) is 7.95. The number of nitrogens with zero attached hydrogens (tertiary/aromatic N) is 3. The van der Waals surface area contributed by atoms with Gasteiger partial charge in [0.1, 0.15) is 5.82 Å². The second-order valence-corrected chi connectivity index (χ2v) is 6.09. The van der Waals surface area contributed by atoms with Gasteiger partial charge in [-0.25, -0.2) is 14.5 Å². The molecule has 0 fully saturated rings. The van der Waals surface area contributed by atoms with E-state index in [0.717, 1.165) is 0 Å². The van der Waals surface area contributed by atoms with Gasteiger partial charge < -0.3 is 4.74 Å². The summed E-state index contributed by atoms with van der Waals surface area (Å²) in [5.41, 5.74) is 1.19. The number of hydrogen-bond acceptors (Lipinski definition) is 5. The molecule has 0 spiro atoms. The van der Waals surface area contributed by atoms with Crippen molar-refractivity contribution in [1.82, 2.24) is 14.8 Å². The molecule has 0 aliphatic rings. The average molecular weight is 370 g/mol. The van der Waals surface area contributed by atoms with Crippen molar-refractivity contribution in [2.24, 2.45) is 0 Å². The van der Waals surface area contributed by atoms with Crippen LogP contribution in [0.25, 0.3) is 5.69 Å². The Morgan fingerprint density at radius 1 is 1.08 bits per heavy atom. The molecule has 26 heavy (non-hydrogen) atoms. The molecule has 2 aromatic carbocycles. The Labute approximate surface area is 155 Å². The fraction of sp³-hybridized carbons (Fsp3) is 0.158. The molecule has 0 N–H and O–H groups in total. The van der Waals surface area contributed by atoms with E-state index in [1.165, 1.54) is 11.6 Å². The fourth-order valence-corrected chi connectivity index (χ4v) is 2.53. The number of carbonyl (C=O) groups is 2. The Kier molecular flexibility index (Phi) is 5.14. The number of esters is 1. The molecule has 3 rings (SSSR count). The van der Waals surface area contributed by atoms with Gasteiger partial charge in [-0.2, -0.15) is 0 Å². The van der Waals surface area contributed by atoms with Crippen molar-refractivity contribution < 1.29 is 14.3 Å². The van der Waals surface area contributed by atoms with Crippen molar-refractivity contribution in [3.63, 3.8) is 0 Å². The molecule has 1 atom stereocenters. The van der Waals surface area contributed by atoms with Crippen LogP contribution < -0.4 is 0 Å².